The maximum absolute atomic E-state index is 6.09. The summed E-state index contributed by atoms with van der Waals surface area (Å²) in [6.45, 7) is 8.90. The highest BCUT2D eigenvalue weighted by molar-refractivity contribution is 5.09. The summed E-state index contributed by atoms with van der Waals surface area (Å²) in [5, 5.41) is 4.10. The molecule has 21 heavy (non-hydrogen) atoms. The summed E-state index contributed by atoms with van der Waals surface area (Å²) in [6, 6.07) is -0.317. The molecule has 5 heteroatoms. The van der Waals surface area contributed by atoms with Crippen LogP contribution >= 0.6 is 0 Å². The van der Waals surface area contributed by atoms with Crippen molar-refractivity contribution < 1.29 is 9.26 Å². The van der Waals surface area contributed by atoms with Gasteiger partial charge in [0.25, 0.3) is 0 Å². The zero-order valence-electron chi connectivity index (χ0n) is 13.8. The maximum atomic E-state index is 6.09. The molecule has 1 aromatic heterocycles. The van der Waals surface area contributed by atoms with E-state index in [4.69, 9.17) is 15.0 Å². The molecule has 1 aliphatic rings. The van der Waals surface area contributed by atoms with Crippen LogP contribution in [0.5, 0.6) is 0 Å². The molecule has 1 aromatic rings. The third kappa shape index (κ3) is 4.04. The lowest BCUT2D eigenvalue weighted by Crippen LogP contribution is -2.25. The third-order valence-electron chi connectivity index (χ3n) is 4.20. The number of hydrogen-bond donors (Lipinski definition) is 1. The largest absolute Gasteiger partial charge is 0.377 e. The minimum Gasteiger partial charge on any atom is -0.377 e. The molecule has 2 rings (SSSR count). The average molecular weight is 295 g/mol. The molecule has 2 N–H and O–H groups in total. The summed E-state index contributed by atoms with van der Waals surface area (Å²) in [5.41, 5.74) is 6.16. The maximum Gasteiger partial charge on any atom is 0.232 e. The van der Waals surface area contributed by atoms with Gasteiger partial charge in [-0.3, -0.25) is 0 Å². The van der Waals surface area contributed by atoms with Crippen molar-refractivity contribution in [1.82, 2.24) is 10.1 Å². The van der Waals surface area contributed by atoms with Crippen LogP contribution in [0.15, 0.2) is 4.52 Å². The molecule has 1 saturated carbocycles. The summed E-state index contributed by atoms with van der Waals surface area (Å²) < 4.78 is 11.1. The van der Waals surface area contributed by atoms with Gasteiger partial charge in [-0.05, 0) is 39.0 Å². The van der Waals surface area contributed by atoms with E-state index >= 15 is 0 Å². The Morgan fingerprint density at radius 3 is 2.48 bits per heavy atom. The van der Waals surface area contributed by atoms with Crippen molar-refractivity contribution in [2.45, 2.75) is 77.4 Å². The van der Waals surface area contributed by atoms with Crippen molar-refractivity contribution in [1.29, 1.82) is 0 Å². The summed E-state index contributed by atoms with van der Waals surface area (Å²) >= 11 is 0. The van der Waals surface area contributed by atoms with Crippen LogP contribution in [0, 0.1) is 5.92 Å². The average Bonchev–Trinajstić information content (AvgIpc) is 3.04. The number of ether oxygens (including phenoxy) is 1. The van der Waals surface area contributed by atoms with Crippen molar-refractivity contribution in [2.75, 3.05) is 6.61 Å². The van der Waals surface area contributed by atoms with Crippen molar-refractivity contribution in [3.05, 3.63) is 11.7 Å². The van der Waals surface area contributed by atoms with E-state index < -0.39 is 0 Å². The van der Waals surface area contributed by atoms with Crippen LogP contribution in [0.4, 0.5) is 0 Å². The van der Waals surface area contributed by atoms with E-state index in [1.54, 1.807) is 0 Å². The summed E-state index contributed by atoms with van der Waals surface area (Å²) in [4.78, 5) is 4.61. The second-order valence-corrected chi connectivity index (χ2v) is 7.03. The standard InChI is InChI=1S/C16H29N3O2/c1-11(2)9-16(7-5-6-8-16)15-18-14(19-21-15)13(17)10-20-12(3)4/h11-13H,5-10,17H2,1-4H3. The zero-order chi connectivity index (χ0) is 15.5. The van der Waals surface area contributed by atoms with Crippen LogP contribution in [-0.2, 0) is 10.2 Å². The van der Waals surface area contributed by atoms with Gasteiger partial charge < -0.3 is 15.0 Å². The van der Waals surface area contributed by atoms with E-state index in [1.165, 1.54) is 12.8 Å². The van der Waals surface area contributed by atoms with Crippen molar-refractivity contribution in [3.63, 3.8) is 0 Å². The smallest absolute Gasteiger partial charge is 0.232 e. The Kier molecular flexibility index (Phi) is 5.38. The normalized spacial score (nSPS) is 19.6. The van der Waals surface area contributed by atoms with Crippen molar-refractivity contribution in [3.8, 4) is 0 Å². The Morgan fingerprint density at radius 1 is 1.24 bits per heavy atom. The van der Waals surface area contributed by atoms with Gasteiger partial charge in [0, 0.05) is 5.41 Å². The van der Waals surface area contributed by atoms with Crippen LogP contribution in [0.3, 0.4) is 0 Å². The predicted molar refractivity (Wildman–Crippen MR) is 81.9 cm³/mol. The predicted octanol–water partition coefficient (Wildman–Crippen LogP) is 3.35. The van der Waals surface area contributed by atoms with Gasteiger partial charge in [-0.1, -0.05) is 31.8 Å². The minimum atomic E-state index is -0.317. The number of aromatic nitrogens is 2. The van der Waals surface area contributed by atoms with E-state index in [1.807, 2.05) is 13.8 Å². The van der Waals surface area contributed by atoms with E-state index in [0.29, 0.717) is 18.3 Å². The lowest BCUT2D eigenvalue weighted by Gasteiger charge is -2.26. The third-order valence-corrected chi connectivity index (χ3v) is 4.20. The molecule has 120 valence electrons. The molecular weight excluding hydrogens is 266 g/mol. The number of rotatable bonds is 7. The number of nitrogens with zero attached hydrogens (tertiary/aromatic N) is 2. The molecule has 1 fully saturated rings. The van der Waals surface area contributed by atoms with Crippen LogP contribution in [0.1, 0.15) is 77.6 Å². The molecule has 0 bridgehead atoms. The minimum absolute atomic E-state index is 0.0675. The Bertz CT molecular complexity index is 436. The lowest BCUT2D eigenvalue weighted by molar-refractivity contribution is 0.0665. The lowest BCUT2D eigenvalue weighted by atomic mass is 9.78. The van der Waals surface area contributed by atoms with Crippen molar-refractivity contribution in [2.24, 2.45) is 11.7 Å². The van der Waals surface area contributed by atoms with Gasteiger partial charge in [0.2, 0.25) is 5.89 Å². The molecule has 0 amide bonds. The molecule has 1 heterocycles. The summed E-state index contributed by atoms with van der Waals surface area (Å²) in [7, 11) is 0. The van der Waals surface area contributed by atoms with Gasteiger partial charge in [-0.2, -0.15) is 4.98 Å². The molecule has 0 aliphatic heterocycles. The Balaban J connectivity index is 2.10. The zero-order valence-corrected chi connectivity index (χ0v) is 13.8. The Labute approximate surface area is 127 Å². The first-order valence-corrected chi connectivity index (χ1v) is 8.14. The van der Waals surface area contributed by atoms with Crippen LogP contribution in [-0.4, -0.2) is 22.9 Å². The first-order chi connectivity index (χ1) is 9.93. The van der Waals surface area contributed by atoms with Gasteiger partial charge in [0.05, 0.1) is 18.8 Å². The van der Waals surface area contributed by atoms with Crippen LogP contribution in [0.2, 0.25) is 0 Å². The number of hydrogen-bond acceptors (Lipinski definition) is 5. The first-order valence-electron chi connectivity index (χ1n) is 8.14. The van der Waals surface area contributed by atoms with Gasteiger partial charge in [0.15, 0.2) is 5.82 Å². The van der Waals surface area contributed by atoms with Crippen LogP contribution in [0.25, 0.3) is 0 Å². The van der Waals surface area contributed by atoms with E-state index in [-0.39, 0.29) is 17.6 Å². The topological polar surface area (TPSA) is 74.2 Å². The quantitative estimate of drug-likeness (QED) is 0.835. The molecule has 1 aliphatic carbocycles. The second-order valence-electron chi connectivity index (χ2n) is 7.03. The SMILES string of the molecule is CC(C)CC1(c2nc(C(N)COC(C)C)no2)CCCC1. The molecule has 5 nitrogen and oxygen atoms in total. The van der Waals surface area contributed by atoms with E-state index in [2.05, 4.69) is 24.0 Å². The monoisotopic (exact) mass is 295 g/mol. The molecule has 0 spiro atoms. The highest BCUT2D eigenvalue weighted by Crippen LogP contribution is 2.45. The summed E-state index contributed by atoms with van der Waals surface area (Å²) in [6.07, 6.45) is 6.03. The van der Waals surface area contributed by atoms with Gasteiger partial charge in [0.1, 0.15) is 0 Å². The fourth-order valence-electron chi connectivity index (χ4n) is 3.31. The number of nitrogens with two attached hydrogens (primary N) is 1. The molecule has 0 aromatic carbocycles. The summed E-state index contributed by atoms with van der Waals surface area (Å²) in [5.74, 6) is 1.97. The molecular formula is C16H29N3O2. The van der Waals surface area contributed by atoms with E-state index in [0.717, 1.165) is 25.2 Å². The molecule has 1 atom stereocenters. The fraction of sp³-hybridized carbons (Fsp3) is 0.875. The molecule has 1 unspecified atom stereocenters. The Morgan fingerprint density at radius 2 is 1.90 bits per heavy atom. The van der Waals surface area contributed by atoms with Crippen LogP contribution < -0.4 is 5.73 Å². The first kappa shape index (κ1) is 16.4. The molecule has 0 saturated heterocycles. The Hall–Kier alpha value is -0.940. The van der Waals surface area contributed by atoms with Gasteiger partial charge >= 0.3 is 0 Å². The molecule has 0 radical (unpaired) electrons. The highest BCUT2D eigenvalue weighted by Gasteiger charge is 2.41. The van der Waals surface area contributed by atoms with Crippen molar-refractivity contribution >= 4 is 0 Å². The van der Waals surface area contributed by atoms with Gasteiger partial charge in [-0.15, -0.1) is 0 Å². The van der Waals surface area contributed by atoms with E-state index in [9.17, 15) is 0 Å². The fourth-order valence-corrected chi connectivity index (χ4v) is 3.31. The van der Waals surface area contributed by atoms with Gasteiger partial charge in [-0.25, -0.2) is 0 Å². The highest BCUT2D eigenvalue weighted by atomic mass is 16.5. The second kappa shape index (κ2) is 6.88.